The Labute approximate surface area is 173 Å². The molecule has 1 aromatic heterocycles. The molecular weight excluding hydrogens is 469 g/mol. The van der Waals surface area contributed by atoms with Crippen LogP contribution in [0.3, 0.4) is 0 Å². The van der Waals surface area contributed by atoms with Gasteiger partial charge in [-0.05, 0) is 30.0 Å². The molecule has 0 amide bonds. The highest BCUT2D eigenvalue weighted by Crippen LogP contribution is 2.21. The van der Waals surface area contributed by atoms with Crippen molar-refractivity contribution in [2.75, 3.05) is 44.7 Å². The highest BCUT2D eigenvalue weighted by atomic mass is 127. The Balaban J connectivity index is 0.00000243. The molecule has 1 aliphatic rings. The van der Waals surface area contributed by atoms with Crippen molar-refractivity contribution < 1.29 is 8.78 Å². The van der Waals surface area contributed by atoms with Gasteiger partial charge in [-0.1, -0.05) is 6.07 Å². The van der Waals surface area contributed by atoms with Crippen molar-refractivity contribution in [2.24, 2.45) is 4.99 Å². The van der Waals surface area contributed by atoms with Crippen LogP contribution in [0.5, 0.6) is 0 Å². The molecule has 142 valence electrons. The molecule has 1 fully saturated rings. The molecule has 8 heteroatoms. The summed E-state index contributed by atoms with van der Waals surface area (Å²) in [6.07, 6.45) is 0.963. The van der Waals surface area contributed by atoms with E-state index >= 15 is 0 Å². The van der Waals surface area contributed by atoms with Gasteiger partial charge < -0.3 is 15.1 Å². The molecule has 0 aliphatic carbocycles. The normalized spacial score (nSPS) is 15.0. The highest BCUT2D eigenvalue weighted by molar-refractivity contribution is 14.0. The predicted octanol–water partition coefficient (Wildman–Crippen LogP) is 3.58. The molecule has 0 unspecified atom stereocenters. The number of hydrogen-bond acceptors (Lipinski definition) is 3. The lowest BCUT2D eigenvalue weighted by molar-refractivity contribution is 0.371. The number of hydrogen-bond donors (Lipinski definition) is 1. The van der Waals surface area contributed by atoms with Crippen molar-refractivity contribution >= 4 is 47.0 Å². The first-order valence-electron chi connectivity index (χ1n) is 8.35. The molecule has 26 heavy (non-hydrogen) atoms. The molecule has 4 nitrogen and oxygen atoms in total. The minimum atomic E-state index is -0.412. The molecule has 0 spiro atoms. The van der Waals surface area contributed by atoms with Crippen LogP contribution < -0.4 is 10.2 Å². The van der Waals surface area contributed by atoms with Crippen LogP contribution in [0.4, 0.5) is 14.5 Å². The van der Waals surface area contributed by atoms with Crippen molar-refractivity contribution in [1.82, 2.24) is 10.2 Å². The average molecular weight is 492 g/mol. The molecule has 2 heterocycles. The fourth-order valence-electron chi connectivity index (χ4n) is 2.97. The number of piperazine rings is 1. The fourth-order valence-corrected chi connectivity index (χ4v) is 3.68. The molecule has 0 radical (unpaired) electrons. The molecule has 1 saturated heterocycles. The van der Waals surface area contributed by atoms with E-state index < -0.39 is 5.82 Å². The van der Waals surface area contributed by atoms with Crippen LogP contribution in [0.2, 0.25) is 0 Å². The zero-order valence-electron chi connectivity index (χ0n) is 14.6. The second kappa shape index (κ2) is 10.1. The number of rotatable bonds is 4. The van der Waals surface area contributed by atoms with Crippen molar-refractivity contribution in [3.05, 3.63) is 52.2 Å². The van der Waals surface area contributed by atoms with Gasteiger partial charge in [-0.25, -0.2) is 8.78 Å². The van der Waals surface area contributed by atoms with Crippen LogP contribution in [0.15, 0.2) is 40.7 Å². The van der Waals surface area contributed by atoms with Gasteiger partial charge in [0.05, 0.1) is 5.69 Å². The van der Waals surface area contributed by atoms with Crippen LogP contribution in [-0.4, -0.2) is 50.6 Å². The van der Waals surface area contributed by atoms with E-state index in [2.05, 4.69) is 32.7 Å². The number of thiophene rings is 1. The number of halogens is 3. The van der Waals surface area contributed by atoms with E-state index in [-0.39, 0.29) is 29.8 Å². The Hall–Kier alpha value is -1.42. The molecule has 0 atom stereocenters. The maximum absolute atomic E-state index is 13.9. The molecule has 1 N–H and O–H groups in total. The lowest BCUT2D eigenvalue weighted by Crippen LogP contribution is -2.53. The van der Waals surface area contributed by atoms with E-state index in [0.29, 0.717) is 31.9 Å². The Kier molecular flexibility index (Phi) is 8.08. The minimum Gasteiger partial charge on any atom is -0.366 e. The summed E-state index contributed by atoms with van der Waals surface area (Å²) in [6, 6.07) is 7.77. The second-order valence-electron chi connectivity index (χ2n) is 5.87. The van der Waals surface area contributed by atoms with Gasteiger partial charge in [0, 0.05) is 50.7 Å². The smallest absolute Gasteiger partial charge is 0.193 e. The highest BCUT2D eigenvalue weighted by Gasteiger charge is 2.21. The van der Waals surface area contributed by atoms with Crippen molar-refractivity contribution in [1.29, 1.82) is 0 Å². The Morgan fingerprint density at radius 1 is 1.19 bits per heavy atom. The van der Waals surface area contributed by atoms with E-state index in [1.54, 1.807) is 18.4 Å². The van der Waals surface area contributed by atoms with E-state index in [0.717, 1.165) is 25.0 Å². The van der Waals surface area contributed by atoms with Gasteiger partial charge in [0.2, 0.25) is 0 Å². The summed E-state index contributed by atoms with van der Waals surface area (Å²) < 4.78 is 27.3. The first-order chi connectivity index (χ1) is 12.2. The fraction of sp³-hybridized carbons (Fsp3) is 0.389. The zero-order chi connectivity index (χ0) is 17.6. The molecule has 1 aromatic carbocycles. The number of nitrogens with one attached hydrogen (secondary N) is 1. The number of aliphatic imine (C=N–C) groups is 1. The molecule has 2 aromatic rings. The summed E-state index contributed by atoms with van der Waals surface area (Å²) in [4.78, 5) is 9.72. The van der Waals surface area contributed by atoms with Crippen molar-refractivity contribution in [3.63, 3.8) is 0 Å². The van der Waals surface area contributed by atoms with Gasteiger partial charge in [-0.3, -0.25) is 4.99 Å². The van der Waals surface area contributed by atoms with Crippen LogP contribution in [0, 0.1) is 11.6 Å². The number of nitrogens with zero attached hydrogens (tertiary/aromatic N) is 3. The molecule has 0 bridgehead atoms. The standard InChI is InChI=1S/C18H22F2N4S.HI/c1-21-18(22-7-6-15-3-2-12-25-15)24-10-8-23(9-11-24)17-13-14(19)4-5-16(17)20;/h2-5,12-13H,6-11H2,1H3,(H,21,22);1H. The lowest BCUT2D eigenvalue weighted by Gasteiger charge is -2.37. The van der Waals surface area contributed by atoms with Gasteiger partial charge in [0.25, 0.3) is 0 Å². The third-order valence-electron chi connectivity index (χ3n) is 4.27. The van der Waals surface area contributed by atoms with Crippen LogP contribution in [0.25, 0.3) is 0 Å². The second-order valence-corrected chi connectivity index (χ2v) is 6.91. The quantitative estimate of drug-likeness (QED) is 0.402. The Bertz CT molecular complexity index is 716. The summed E-state index contributed by atoms with van der Waals surface area (Å²) in [5, 5.41) is 5.46. The first-order valence-corrected chi connectivity index (χ1v) is 9.23. The summed E-state index contributed by atoms with van der Waals surface area (Å²) in [5.41, 5.74) is 0.334. The van der Waals surface area contributed by atoms with Crippen molar-refractivity contribution in [3.8, 4) is 0 Å². The Morgan fingerprint density at radius 3 is 2.62 bits per heavy atom. The van der Waals surface area contributed by atoms with E-state index in [9.17, 15) is 8.78 Å². The molecular formula is C18H23F2IN4S. The number of benzene rings is 1. The maximum Gasteiger partial charge on any atom is 0.193 e. The summed E-state index contributed by atoms with van der Waals surface area (Å²) >= 11 is 1.75. The summed E-state index contributed by atoms with van der Waals surface area (Å²) in [7, 11) is 1.77. The van der Waals surface area contributed by atoms with Crippen LogP contribution in [0.1, 0.15) is 4.88 Å². The lowest BCUT2D eigenvalue weighted by atomic mass is 10.2. The third kappa shape index (κ3) is 5.29. The maximum atomic E-state index is 13.9. The zero-order valence-corrected chi connectivity index (χ0v) is 17.8. The average Bonchev–Trinajstić information content (AvgIpc) is 3.15. The predicted molar refractivity (Wildman–Crippen MR) is 115 cm³/mol. The summed E-state index contributed by atoms with van der Waals surface area (Å²) in [6.45, 7) is 3.52. The first kappa shape index (κ1) is 20.9. The van der Waals surface area contributed by atoms with E-state index in [1.165, 1.54) is 17.0 Å². The van der Waals surface area contributed by atoms with Crippen LogP contribution >= 0.6 is 35.3 Å². The van der Waals surface area contributed by atoms with Crippen molar-refractivity contribution in [2.45, 2.75) is 6.42 Å². The van der Waals surface area contributed by atoms with Gasteiger partial charge in [0.1, 0.15) is 11.6 Å². The topological polar surface area (TPSA) is 30.9 Å². The summed E-state index contributed by atoms with van der Waals surface area (Å²) in [5.74, 6) is 0.0640. The van der Waals surface area contributed by atoms with E-state index in [4.69, 9.17) is 0 Å². The van der Waals surface area contributed by atoms with Gasteiger partial charge >= 0.3 is 0 Å². The molecule has 3 rings (SSSR count). The monoisotopic (exact) mass is 492 g/mol. The van der Waals surface area contributed by atoms with Crippen LogP contribution in [-0.2, 0) is 6.42 Å². The largest absolute Gasteiger partial charge is 0.366 e. The Morgan fingerprint density at radius 2 is 1.96 bits per heavy atom. The number of anilines is 1. The SMILES string of the molecule is CN=C(NCCc1cccs1)N1CCN(c2cc(F)ccc2F)CC1.I. The molecule has 1 aliphatic heterocycles. The van der Waals surface area contributed by atoms with Gasteiger partial charge in [-0.15, -0.1) is 35.3 Å². The minimum absolute atomic E-state index is 0. The van der Waals surface area contributed by atoms with Gasteiger partial charge in [0.15, 0.2) is 5.96 Å². The third-order valence-corrected chi connectivity index (χ3v) is 5.21. The number of guanidine groups is 1. The van der Waals surface area contributed by atoms with E-state index in [1.807, 2.05) is 4.90 Å². The molecule has 0 saturated carbocycles. The van der Waals surface area contributed by atoms with Gasteiger partial charge in [-0.2, -0.15) is 0 Å².